The molecule has 0 radical (unpaired) electrons. The number of carbonyl (C=O) groups excluding carboxylic acids is 1. The SMILES string of the molecule is O=C/C=C\C=C\Nc1ccc([N+](=O)[O-])cc1[N+](=O)[O-]. The summed E-state index contributed by atoms with van der Waals surface area (Å²) in [5, 5.41) is 23.9. The molecule has 1 N–H and O–H groups in total. The summed E-state index contributed by atoms with van der Waals surface area (Å²) in [5.74, 6) is 0. The van der Waals surface area contributed by atoms with Crippen molar-refractivity contribution >= 4 is 23.3 Å². The normalized spacial score (nSPS) is 10.7. The van der Waals surface area contributed by atoms with Crippen molar-refractivity contribution in [3.05, 3.63) is 62.9 Å². The smallest absolute Gasteiger partial charge is 0.299 e. The number of rotatable bonds is 6. The number of benzene rings is 1. The summed E-state index contributed by atoms with van der Waals surface area (Å²) in [7, 11) is 0. The number of aldehydes is 1. The number of hydrogen-bond acceptors (Lipinski definition) is 6. The van der Waals surface area contributed by atoms with E-state index in [0.29, 0.717) is 6.29 Å². The maximum atomic E-state index is 10.8. The lowest BCUT2D eigenvalue weighted by atomic mass is 10.2. The van der Waals surface area contributed by atoms with Crippen LogP contribution in [0.3, 0.4) is 0 Å². The van der Waals surface area contributed by atoms with Gasteiger partial charge in [0.2, 0.25) is 0 Å². The molecule has 0 aromatic heterocycles. The molecule has 0 heterocycles. The second kappa shape index (κ2) is 6.64. The molecule has 0 amide bonds. The molecule has 1 aromatic carbocycles. The Bertz CT molecular complexity index is 565. The van der Waals surface area contributed by atoms with Crippen LogP contribution in [0, 0.1) is 20.2 Å². The predicted octanol–water partition coefficient (Wildman–Crippen LogP) is 2.18. The summed E-state index contributed by atoms with van der Waals surface area (Å²) < 4.78 is 0. The standard InChI is InChI=1S/C11H9N3O5/c15-7-3-1-2-6-12-10-5-4-9(13(16)17)8-11(10)14(18)19/h1-8,12H/b3-1-,6-2+. The fourth-order valence-corrected chi connectivity index (χ4v) is 1.21. The number of nitrogens with zero attached hydrogens (tertiary/aromatic N) is 2. The summed E-state index contributed by atoms with van der Waals surface area (Å²) in [6, 6.07) is 3.27. The first kappa shape index (κ1) is 14.0. The van der Waals surface area contributed by atoms with Gasteiger partial charge in [0, 0.05) is 12.3 Å². The van der Waals surface area contributed by atoms with E-state index in [-0.39, 0.29) is 11.4 Å². The quantitative estimate of drug-likeness (QED) is 0.276. The molecule has 1 aromatic rings. The van der Waals surface area contributed by atoms with Gasteiger partial charge in [-0.15, -0.1) is 0 Å². The number of non-ortho nitro benzene ring substituents is 1. The molecule has 0 aliphatic carbocycles. The zero-order valence-electron chi connectivity index (χ0n) is 9.55. The number of nitrogens with one attached hydrogen (secondary N) is 1. The van der Waals surface area contributed by atoms with Crippen molar-refractivity contribution in [2.45, 2.75) is 0 Å². The van der Waals surface area contributed by atoms with E-state index in [1.807, 2.05) is 0 Å². The molecule has 0 unspecified atom stereocenters. The van der Waals surface area contributed by atoms with Crippen LogP contribution in [-0.2, 0) is 4.79 Å². The molecular formula is C11H9N3O5. The molecule has 0 atom stereocenters. The number of nitro groups is 2. The van der Waals surface area contributed by atoms with Crippen LogP contribution in [0.15, 0.2) is 42.6 Å². The number of allylic oxidation sites excluding steroid dienone is 3. The minimum Gasteiger partial charge on any atom is -0.356 e. The molecular weight excluding hydrogens is 254 g/mol. The maximum Gasteiger partial charge on any atom is 0.299 e. The molecule has 0 saturated carbocycles. The fraction of sp³-hybridized carbons (Fsp3) is 0. The highest BCUT2D eigenvalue weighted by molar-refractivity contribution is 5.67. The third-order valence-corrected chi connectivity index (χ3v) is 2.02. The number of anilines is 1. The summed E-state index contributed by atoms with van der Waals surface area (Å²) in [5.41, 5.74) is -0.647. The van der Waals surface area contributed by atoms with E-state index in [0.717, 1.165) is 12.1 Å². The molecule has 8 nitrogen and oxygen atoms in total. The van der Waals surface area contributed by atoms with Gasteiger partial charge in [-0.3, -0.25) is 25.0 Å². The topological polar surface area (TPSA) is 115 Å². The van der Waals surface area contributed by atoms with Gasteiger partial charge in [-0.25, -0.2) is 0 Å². The molecule has 0 aliphatic heterocycles. The Kier molecular flexibility index (Phi) is 4.91. The van der Waals surface area contributed by atoms with Gasteiger partial charge in [-0.2, -0.15) is 0 Å². The molecule has 8 heteroatoms. The van der Waals surface area contributed by atoms with Crippen LogP contribution in [-0.4, -0.2) is 16.1 Å². The van der Waals surface area contributed by atoms with Crippen molar-refractivity contribution < 1.29 is 14.6 Å². The lowest BCUT2D eigenvalue weighted by Crippen LogP contribution is -1.97. The molecule has 0 bridgehead atoms. The second-order valence-electron chi connectivity index (χ2n) is 3.24. The molecule has 0 fully saturated rings. The predicted molar refractivity (Wildman–Crippen MR) is 67.7 cm³/mol. The molecule has 0 aliphatic rings. The molecule has 1 rings (SSSR count). The van der Waals surface area contributed by atoms with Crippen LogP contribution >= 0.6 is 0 Å². The summed E-state index contributed by atoms with van der Waals surface area (Å²) >= 11 is 0. The lowest BCUT2D eigenvalue weighted by molar-refractivity contribution is -0.393. The zero-order chi connectivity index (χ0) is 14.3. The van der Waals surface area contributed by atoms with Crippen molar-refractivity contribution in [1.82, 2.24) is 0 Å². The lowest BCUT2D eigenvalue weighted by Gasteiger charge is -2.01. The first-order valence-electron chi connectivity index (χ1n) is 5.02. The fourth-order valence-electron chi connectivity index (χ4n) is 1.21. The third-order valence-electron chi connectivity index (χ3n) is 2.02. The van der Waals surface area contributed by atoms with Gasteiger partial charge in [0.15, 0.2) is 0 Å². The Labute approximate surface area is 107 Å². The van der Waals surface area contributed by atoms with E-state index in [1.54, 1.807) is 0 Å². The summed E-state index contributed by atoms with van der Waals surface area (Å²) in [6.07, 6.45) is 6.08. The van der Waals surface area contributed by atoms with E-state index < -0.39 is 15.5 Å². The minimum atomic E-state index is -0.718. The minimum absolute atomic E-state index is 0.117. The second-order valence-corrected chi connectivity index (χ2v) is 3.24. The Balaban J connectivity index is 2.97. The van der Waals surface area contributed by atoms with E-state index >= 15 is 0 Å². The van der Waals surface area contributed by atoms with Crippen LogP contribution < -0.4 is 5.32 Å². The molecule has 0 saturated heterocycles. The number of nitro benzene ring substituents is 2. The van der Waals surface area contributed by atoms with Gasteiger partial charge in [0.1, 0.15) is 12.0 Å². The third kappa shape index (κ3) is 4.04. The first-order valence-corrected chi connectivity index (χ1v) is 5.02. The largest absolute Gasteiger partial charge is 0.356 e. The van der Waals surface area contributed by atoms with E-state index in [2.05, 4.69) is 5.32 Å². The van der Waals surface area contributed by atoms with Crippen molar-refractivity contribution in [1.29, 1.82) is 0 Å². The average molecular weight is 263 g/mol. The Morgan fingerprint density at radius 1 is 1.05 bits per heavy atom. The van der Waals surface area contributed by atoms with Crippen molar-refractivity contribution in [2.24, 2.45) is 0 Å². The summed E-state index contributed by atoms with van der Waals surface area (Å²) in [6.45, 7) is 0. The van der Waals surface area contributed by atoms with Crippen molar-refractivity contribution in [3.8, 4) is 0 Å². The van der Waals surface area contributed by atoms with Crippen molar-refractivity contribution in [2.75, 3.05) is 5.32 Å². The van der Waals surface area contributed by atoms with Gasteiger partial charge in [0.05, 0.1) is 15.9 Å². The monoisotopic (exact) mass is 263 g/mol. The van der Waals surface area contributed by atoms with E-state index in [4.69, 9.17) is 0 Å². The van der Waals surface area contributed by atoms with Gasteiger partial charge < -0.3 is 5.32 Å². The maximum absolute atomic E-state index is 10.8. The van der Waals surface area contributed by atoms with E-state index in [1.165, 1.54) is 30.5 Å². The highest BCUT2D eigenvalue weighted by Crippen LogP contribution is 2.28. The molecule has 98 valence electrons. The van der Waals surface area contributed by atoms with E-state index in [9.17, 15) is 25.0 Å². The number of hydrogen-bond donors (Lipinski definition) is 1. The Morgan fingerprint density at radius 3 is 2.37 bits per heavy atom. The van der Waals surface area contributed by atoms with Crippen LogP contribution in [0.4, 0.5) is 17.1 Å². The highest BCUT2D eigenvalue weighted by Gasteiger charge is 2.18. The van der Waals surface area contributed by atoms with Crippen LogP contribution in [0.5, 0.6) is 0 Å². The van der Waals surface area contributed by atoms with Gasteiger partial charge in [-0.05, 0) is 18.2 Å². The molecule has 19 heavy (non-hydrogen) atoms. The van der Waals surface area contributed by atoms with Crippen LogP contribution in [0.2, 0.25) is 0 Å². The molecule has 0 spiro atoms. The summed E-state index contributed by atoms with van der Waals surface area (Å²) in [4.78, 5) is 29.9. The average Bonchev–Trinajstić information content (AvgIpc) is 2.38. The van der Waals surface area contributed by atoms with Gasteiger partial charge in [-0.1, -0.05) is 6.08 Å². The number of carbonyl (C=O) groups is 1. The Morgan fingerprint density at radius 2 is 1.79 bits per heavy atom. The highest BCUT2D eigenvalue weighted by atomic mass is 16.6. The van der Waals surface area contributed by atoms with Crippen molar-refractivity contribution in [3.63, 3.8) is 0 Å². The Hall–Kier alpha value is -3.03. The van der Waals surface area contributed by atoms with Crippen LogP contribution in [0.25, 0.3) is 0 Å². The van der Waals surface area contributed by atoms with Gasteiger partial charge >= 0.3 is 0 Å². The van der Waals surface area contributed by atoms with Gasteiger partial charge in [0.25, 0.3) is 11.4 Å². The zero-order valence-corrected chi connectivity index (χ0v) is 9.55. The van der Waals surface area contributed by atoms with Crippen LogP contribution in [0.1, 0.15) is 0 Å². The first-order chi connectivity index (χ1) is 9.06.